The molecule has 1 fully saturated rings. The third-order valence-corrected chi connectivity index (χ3v) is 2.67. The standard InChI is InChI=1S/C13H16O5/c14-13(15)10-2-1-3-11(8-10)17-6-7-18-12-4-5-16-9-12/h1-3,8,12H,4-7,9H2,(H,14,15). The lowest BCUT2D eigenvalue weighted by Crippen LogP contribution is -2.17. The Morgan fingerprint density at radius 3 is 3.06 bits per heavy atom. The molecule has 5 nitrogen and oxygen atoms in total. The first kappa shape index (κ1) is 12.9. The van der Waals surface area contributed by atoms with Crippen molar-refractivity contribution in [1.82, 2.24) is 0 Å². The monoisotopic (exact) mass is 252 g/mol. The van der Waals surface area contributed by atoms with Crippen LogP contribution in [0.25, 0.3) is 0 Å². The van der Waals surface area contributed by atoms with Crippen LogP contribution in [0, 0.1) is 0 Å². The van der Waals surface area contributed by atoms with Gasteiger partial charge in [-0.05, 0) is 24.6 Å². The molecule has 1 aliphatic rings. The zero-order valence-corrected chi connectivity index (χ0v) is 10.0. The number of carboxylic acids is 1. The highest BCUT2D eigenvalue weighted by Gasteiger charge is 2.15. The van der Waals surface area contributed by atoms with Crippen LogP contribution >= 0.6 is 0 Å². The lowest BCUT2D eigenvalue weighted by Gasteiger charge is -2.11. The van der Waals surface area contributed by atoms with E-state index in [-0.39, 0.29) is 11.7 Å². The average Bonchev–Trinajstić information content (AvgIpc) is 2.88. The van der Waals surface area contributed by atoms with Crippen LogP contribution in [-0.2, 0) is 9.47 Å². The number of aromatic carboxylic acids is 1. The molecule has 5 heteroatoms. The van der Waals surface area contributed by atoms with E-state index in [2.05, 4.69) is 0 Å². The van der Waals surface area contributed by atoms with Crippen molar-refractivity contribution >= 4 is 5.97 Å². The maximum Gasteiger partial charge on any atom is 0.335 e. The first-order valence-corrected chi connectivity index (χ1v) is 5.91. The molecule has 0 amide bonds. The van der Waals surface area contributed by atoms with Crippen molar-refractivity contribution in [3.63, 3.8) is 0 Å². The number of carbonyl (C=O) groups is 1. The Kier molecular flexibility index (Phi) is 4.55. The molecule has 1 aromatic carbocycles. The van der Waals surface area contributed by atoms with Gasteiger partial charge in [-0.3, -0.25) is 0 Å². The SMILES string of the molecule is O=C(O)c1cccc(OCCOC2CCOC2)c1. The van der Waals surface area contributed by atoms with Gasteiger partial charge in [0.05, 0.1) is 24.9 Å². The van der Waals surface area contributed by atoms with Crippen molar-refractivity contribution in [2.24, 2.45) is 0 Å². The molecular formula is C13H16O5. The van der Waals surface area contributed by atoms with Gasteiger partial charge in [-0.1, -0.05) is 6.07 Å². The van der Waals surface area contributed by atoms with Crippen molar-refractivity contribution in [3.05, 3.63) is 29.8 Å². The van der Waals surface area contributed by atoms with Crippen LogP contribution in [0.15, 0.2) is 24.3 Å². The number of rotatable bonds is 6. The Morgan fingerprint density at radius 2 is 2.33 bits per heavy atom. The number of hydrogen-bond donors (Lipinski definition) is 1. The fraction of sp³-hybridized carbons (Fsp3) is 0.462. The van der Waals surface area contributed by atoms with E-state index in [9.17, 15) is 4.79 Å². The molecular weight excluding hydrogens is 236 g/mol. The maximum absolute atomic E-state index is 10.8. The van der Waals surface area contributed by atoms with Gasteiger partial charge in [-0.25, -0.2) is 4.79 Å². The van der Waals surface area contributed by atoms with Crippen LogP contribution < -0.4 is 4.74 Å². The van der Waals surface area contributed by atoms with Gasteiger partial charge in [0.1, 0.15) is 12.4 Å². The molecule has 1 aromatic rings. The van der Waals surface area contributed by atoms with Crippen LogP contribution in [-0.4, -0.2) is 43.6 Å². The highest BCUT2D eigenvalue weighted by Crippen LogP contribution is 2.13. The predicted molar refractivity (Wildman–Crippen MR) is 64.1 cm³/mol. The van der Waals surface area contributed by atoms with Gasteiger partial charge < -0.3 is 19.3 Å². The zero-order valence-electron chi connectivity index (χ0n) is 10.0. The second-order valence-corrected chi connectivity index (χ2v) is 4.04. The Morgan fingerprint density at radius 1 is 1.44 bits per heavy atom. The summed E-state index contributed by atoms with van der Waals surface area (Å²) < 4.78 is 16.1. The summed E-state index contributed by atoms with van der Waals surface area (Å²) in [6.07, 6.45) is 1.09. The number of benzene rings is 1. The van der Waals surface area contributed by atoms with Gasteiger partial charge in [-0.2, -0.15) is 0 Å². The average molecular weight is 252 g/mol. The summed E-state index contributed by atoms with van der Waals surface area (Å²) in [5.74, 6) is -0.416. The summed E-state index contributed by atoms with van der Waals surface area (Å²) in [4.78, 5) is 10.8. The molecule has 0 aliphatic carbocycles. The summed E-state index contributed by atoms with van der Waals surface area (Å²) in [6.45, 7) is 2.28. The van der Waals surface area contributed by atoms with Gasteiger partial charge in [0.25, 0.3) is 0 Å². The molecule has 0 bridgehead atoms. The summed E-state index contributed by atoms with van der Waals surface area (Å²) in [6, 6.07) is 6.41. The maximum atomic E-state index is 10.8. The Labute approximate surface area is 105 Å². The number of ether oxygens (including phenoxy) is 3. The van der Waals surface area contributed by atoms with Gasteiger partial charge in [0.15, 0.2) is 0 Å². The molecule has 1 heterocycles. The fourth-order valence-electron chi connectivity index (χ4n) is 1.74. The molecule has 1 aliphatic heterocycles. The highest BCUT2D eigenvalue weighted by atomic mass is 16.6. The van der Waals surface area contributed by atoms with E-state index in [1.54, 1.807) is 12.1 Å². The molecule has 0 saturated carbocycles. The van der Waals surface area contributed by atoms with E-state index in [0.29, 0.717) is 25.6 Å². The molecule has 0 spiro atoms. The fourth-order valence-corrected chi connectivity index (χ4v) is 1.74. The summed E-state index contributed by atoms with van der Waals surface area (Å²) >= 11 is 0. The molecule has 98 valence electrons. The van der Waals surface area contributed by atoms with Crippen molar-refractivity contribution in [3.8, 4) is 5.75 Å². The van der Waals surface area contributed by atoms with E-state index in [4.69, 9.17) is 19.3 Å². The highest BCUT2D eigenvalue weighted by molar-refractivity contribution is 5.87. The topological polar surface area (TPSA) is 65.0 Å². The van der Waals surface area contributed by atoms with Crippen LogP contribution in [0.2, 0.25) is 0 Å². The van der Waals surface area contributed by atoms with Gasteiger partial charge >= 0.3 is 5.97 Å². The Hall–Kier alpha value is -1.59. The Bertz CT molecular complexity index is 398. The summed E-state index contributed by atoms with van der Waals surface area (Å²) in [5, 5.41) is 8.83. The van der Waals surface area contributed by atoms with Gasteiger partial charge in [0.2, 0.25) is 0 Å². The molecule has 1 N–H and O–H groups in total. The first-order valence-electron chi connectivity index (χ1n) is 5.91. The third-order valence-electron chi connectivity index (χ3n) is 2.67. The van der Waals surface area contributed by atoms with Crippen LogP contribution in [0.5, 0.6) is 5.75 Å². The van der Waals surface area contributed by atoms with Gasteiger partial charge in [-0.15, -0.1) is 0 Å². The normalized spacial score (nSPS) is 18.8. The first-order chi connectivity index (χ1) is 8.75. The second kappa shape index (κ2) is 6.37. The lowest BCUT2D eigenvalue weighted by atomic mass is 10.2. The zero-order chi connectivity index (χ0) is 12.8. The smallest absolute Gasteiger partial charge is 0.335 e. The Balaban J connectivity index is 1.72. The van der Waals surface area contributed by atoms with Crippen molar-refractivity contribution < 1.29 is 24.1 Å². The van der Waals surface area contributed by atoms with Crippen LogP contribution in [0.1, 0.15) is 16.8 Å². The van der Waals surface area contributed by atoms with E-state index in [0.717, 1.165) is 13.0 Å². The minimum Gasteiger partial charge on any atom is -0.491 e. The van der Waals surface area contributed by atoms with E-state index < -0.39 is 5.97 Å². The van der Waals surface area contributed by atoms with E-state index in [1.807, 2.05) is 0 Å². The number of carboxylic acid groups (broad SMARTS) is 1. The second-order valence-electron chi connectivity index (χ2n) is 4.04. The predicted octanol–water partition coefficient (Wildman–Crippen LogP) is 1.57. The summed E-state index contributed by atoms with van der Waals surface area (Å²) in [5.41, 5.74) is 0.220. The quantitative estimate of drug-likeness (QED) is 0.778. The molecule has 18 heavy (non-hydrogen) atoms. The molecule has 1 unspecified atom stereocenters. The molecule has 0 aromatic heterocycles. The van der Waals surface area contributed by atoms with E-state index >= 15 is 0 Å². The minimum atomic E-state index is -0.959. The minimum absolute atomic E-state index is 0.166. The molecule has 1 atom stereocenters. The molecule has 1 saturated heterocycles. The van der Waals surface area contributed by atoms with Crippen LogP contribution in [0.3, 0.4) is 0 Å². The van der Waals surface area contributed by atoms with Crippen molar-refractivity contribution in [1.29, 1.82) is 0 Å². The van der Waals surface area contributed by atoms with Crippen molar-refractivity contribution in [2.45, 2.75) is 12.5 Å². The van der Waals surface area contributed by atoms with Crippen molar-refractivity contribution in [2.75, 3.05) is 26.4 Å². The molecule has 2 rings (SSSR count). The largest absolute Gasteiger partial charge is 0.491 e. The van der Waals surface area contributed by atoms with E-state index in [1.165, 1.54) is 12.1 Å². The lowest BCUT2D eigenvalue weighted by molar-refractivity contribution is 0.0265. The molecule has 0 radical (unpaired) electrons. The number of hydrogen-bond acceptors (Lipinski definition) is 4. The summed E-state index contributed by atoms with van der Waals surface area (Å²) in [7, 11) is 0. The van der Waals surface area contributed by atoms with Crippen LogP contribution in [0.4, 0.5) is 0 Å². The third kappa shape index (κ3) is 3.72. The van der Waals surface area contributed by atoms with Gasteiger partial charge in [0, 0.05) is 6.61 Å².